The Labute approximate surface area is 147 Å². The van der Waals surface area contributed by atoms with E-state index in [2.05, 4.69) is 19.2 Å². The number of nitro groups is 1. The van der Waals surface area contributed by atoms with Crippen LogP contribution < -0.4 is 10.1 Å². The van der Waals surface area contributed by atoms with E-state index in [1.54, 1.807) is 19.1 Å². The van der Waals surface area contributed by atoms with Crippen molar-refractivity contribution in [2.75, 3.05) is 11.9 Å². The highest BCUT2D eigenvalue weighted by molar-refractivity contribution is 5.93. The number of hydrogen-bond acceptors (Lipinski definition) is 4. The fourth-order valence-electron chi connectivity index (χ4n) is 2.53. The number of hydrogen-bond donors (Lipinski definition) is 1. The lowest BCUT2D eigenvalue weighted by molar-refractivity contribution is -0.385. The summed E-state index contributed by atoms with van der Waals surface area (Å²) in [6, 6.07) is 10.5. The van der Waals surface area contributed by atoms with Crippen molar-refractivity contribution < 1.29 is 14.5 Å². The van der Waals surface area contributed by atoms with Gasteiger partial charge in [-0.3, -0.25) is 14.9 Å². The number of ether oxygens (including phenoxy) is 1. The number of aryl methyl sites for hydroxylation is 1. The highest BCUT2D eigenvalue weighted by atomic mass is 16.6. The number of anilines is 1. The maximum Gasteiger partial charge on any atom is 0.274 e. The van der Waals surface area contributed by atoms with Crippen molar-refractivity contribution in [1.82, 2.24) is 0 Å². The van der Waals surface area contributed by atoms with Crippen molar-refractivity contribution in [3.8, 4) is 5.75 Å². The first-order chi connectivity index (χ1) is 11.8. The molecule has 0 fully saturated rings. The SMILES string of the molecule is Cc1ccc(C(C)C)c(OCC(=O)Nc2cccc([N+](=O)[O-])c2C)c1. The molecule has 0 radical (unpaired) electrons. The van der Waals surface area contributed by atoms with Crippen LogP contribution in [0, 0.1) is 24.0 Å². The van der Waals surface area contributed by atoms with Gasteiger partial charge in [0.05, 0.1) is 16.2 Å². The van der Waals surface area contributed by atoms with E-state index < -0.39 is 4.92 Å². The van der Waals surface area contributed by atoms with Crippen LogP contribution in [0.1, 0.15) is 36.5 Å². The third kappa shape index (κ3) is 4.56. The van der Waals surface area contributed by atoms with E-state index in [9.17, 15) is 14.9 Å². The second kappa shape index (κ2) is 7.79. The Hall–Kier alpha value is -2.89. The monoisotopic (exact) mass is 342 g/mol. The lowest BCUT2D eigenvalue weighted by Crippen LogP contribution is -2.21. The van der Waals surface area contributed by atoms with Crippen molar-refractivity contribution in [3.05, 3.63) is 63.2 Å². The van der Waals surface area contributed by atoms with Gasteiger partial charge in [-0.2, -0.15) is 0 Å². The molecule has 0 unspecified atom stereocenters. The first-order valence-electron chi connectivity index (χ1n) is 8.06. The zero-order valence-corrected chi connectivity index (χ0v) is 14.8. The minimum absolute atomic E-state index is 0.0282. The van der Waals surface area contributed by atoms with E-state index in [1.165, 1.54) is 6.07 Å². The summed E-state index contributed by atoms with van der Waals surface area (Å²) in [4.78, 5) is 22.7. The molecule has 0 saturated carbocycles. The zero-order chi connectivity index (χ0) is 18.6. The van der Waals surface area contributed by atoms with Crippen molar-refractivity contribution in [2.45, 2.75) is 33.6 Å². The summed E-state index contributed by atoms with van der Waals surface area (Å²) in [6.45, 7) is 7.52. The summed E-state index contributed by atoms with van der Waals surface area (Å²) in [5.41, 5.74) is 2.88. The third-order valence-electron chi connectivity index (χ3n) is 3.93. The van der Waals surface area contributed by atoms with Gasteiger partial charge in [0.15, 0.2) is 6.61 Å². The number of benzene rings is 2. The van der Waals surface area contributed by atoms with Crippen molar-refractivity contribution in [3.63, 3.8) is 0 Å². The zero-order valence-electron chi connectivity index (χ0n) is 14.8. The van der Waals surface area contributed by atoms with Crippen LogP contribution in [0.2, 0.25) is 0 Å². The van der Waals surface area contributed by atoms with Gasteiger partial charge >= 0.3 is 0 Å². The predicted molar refractivity (Wildman–Crippen MR) is 97.2 cm³/mol. The molecule has 0 atom stereocenters. The standard InChI is InChI=1S/C19H22N2O4/c1-12(2)15-9-8-13(3)10-18(15)25-11-19(22)20-16-6-5-7-17(14(16)4)21(23)24/h5-10,12H,11H2,1-4H3,(H,20,22). The van der Waals surface area contributed by atoms with Crippen LogP contribution in [0.25, 0.3) is 0 Å². The topological polar surface area (TPSA) is 81.5 Å². The lowest BCUT2D eigenvalue weighted by atomic mass is 10.0. The summed E-state index contributed by atoms with van der Waals surface area (Å²) in [5, 5.41) is 13.6. The molecular formula is C19H22N2O4. The lowest BCUT2D eigenvalue weighted by Gasteiger charge is -2.15. The average Bonchev–Trinajstić information content (AvgIpc) is 2.54. The second-order valence-electron chi connectivity index (χ2n) is 6.24. The molecular weight excluding hydrogens is 320 g/mol. The summed E-state index contributed by atoms with van der Waals surface area (Å²) in [7, 11) is 0. The van der Waals surface area contributed by atoms with Crippen LogP contribution in [0.3, 0.4) is 0 Å². The highest BCUT2D eigenvalue weighted by Crippen LogP contribution is 2.28. The van der Waals surface area contributed by atoms with Gasteiger partial charge in [-0.05, 0) is 43.0 Å². The molecule has 0 aliphatic carbocycles. The van der Waals surface area contributed by atoms with Crippen LogP contribution >= 0.6 is 0 Å². The van der Waals surface area contributed by atoms with E-state index in [4.69, 9.17) is 4.74 Å². The molecule has 2 rings (SSSR count). The molecule has 0 bridgehead atoms. The molecule has 25 heavy (non-hydrogen) atoms. The fraction of sp³-hybridized carbons (Fsp3) is 0.316. The number of nitrogens with zero attached hydrogens (tertiary/aromatic N) is 1. The Morgan fingerprint density at radius 3 is 2.60 bits per heavy atom. The Kier molecular flexibility index (Phi) is 5.75. The van der Waals surface area contributed by atoms with Gasteiger partial charge in [-0.15, -0.1) is 0 Å². The number of carbonyl (C=O) groups is 1. The van der Waals surface area contributed by atoms with Crippen LogP contribution in [-0.4, -0.2) is 17.4 Å². The molecule has 132 valence electrons. The number of carbonyl (C=O) groups excluding carboxylic acids is 1. The van der Waals surface area contributed by atoms with Gasteiger partial charge in [-0.25, -0.2) is 0 Å². The van der Waals surface area contributed by atoms with E-state index >= 15 is 0 Å². The van der Waals surface area contributed by atoms with Crippen LogP contribution in [0.15, 0.2) is 36.4 Å². The van der Waals surface area contributed by atoms with Crippen molar-refractivity contribution in [2.24, 2.45) is 0 Å². The molecule has 0 heterocycles. The predicted octanol–water partition coefficient (Wildman–Crippen LogP) is 4.35. The molecule has 6 heteroatoms. The molecule has 2 aromatic carbocycles. The molecule has 0 saturated heterocycles. The van der Waals surface area contributed by atoms with Crippen LogP contribution in [-0.2, 0) is 4.79 Å². The first kappa shape index (κ1) is 18.4. The fourth-order valence-corrected chi connectivity index (χ4v) is 2.53. The maximum atomic E-state index is 12.2. The molecule has 1 N–H and O–H groups in total. The van der Waals surface area contributed by atoms with Gasteiger partial charge in [0, 0.05) is 6.07 Å². The quantitative estimate of drug-likeness (QED) is 0.625. The molecule has 6 nitrogen and oxygen atoms in total. The molecule has 0 spiro atoms. The summed E-state index contributed by atoms with van der Waals surface area (Å²) >= 11 is 0. The molecule has 0 aromatic heterocycles. The van der Waals surface area contributed by atoms with Gasteiger partial charge < -0.3 is 10.1 Å². The van der Waals surface area contributed by atoms with Gasteiger partial charge in [-0.1, -0.05) is 32.0 Å². The van der Waals surface area contributed by atoms with E-state index in [0.717, 1.165) is 11.1 Å². The minimum atomic E-state index is -0.469. The van der Waals surface area contributed by atoms with Crippen molar-refractivity contribution >= 4 is 17.3 Å². The summed E-state index contributed by atoms with van der Waals surface area (Å²) in [6.07, 6.45) is 0. The Balaban J connectivity index is 2.09. The summed E-state index contributed by atoms with van der Waals surface area (Å²) < 4.78 is 5.68. The largest absolute Gasteiger partial charge is 0.483 e. The smallest absolute Gasteiger partial charge is 0.274 e. The normalized spacial score (nSPS) is 10.6. The van der Waals surface area contributed by atoms with E-state index in [1.807, 2.05) is 25.1 Å². The Bertz CT molecular complexity index is 800. The van der Waals surface area contributed by atoms with Crippen LogP contribution in [0.5, 0.6) is 5.75 Å². The highest BCUT2D eigenvalue weighted by Gasteiger charge is 2.15. The number of nitro benzene ring substituents is 1. The van der Waals surface area contributed by atoms with Gasteiger partial charge in [0.2, 0.25) is 0 Å². The number of rotatable bonds is 6. The Morgan fingerprint density at radius 2 is 1.96 bits per heavy atom. The van der Waals surface area contributed by atoms with Gasteiger partial charge in [0.1, 0.15) is 5.75 Å². The number of nitrogens with one attached hydrogen (secondary N) is 1. The average molecular weight is 342 g/mol. The van der Waals surface area contributed by atoms with Gasteiger partial charge in [0.25, 0.3) is 11.6 Å². The number of amides is 1. The van der Waals surface area contributed by atoms with Crippen molar-refractivity contribution in [1.29, 1.82) is 0 Å². The first-order valence-corrected chi connectivity index (χ1v) is 8.06. The summed E-state index contributed by atoms with van der Waals surface area (Å²) in [5.74, 6) is 0.596. The Morgan fingerprint density at radius 1 is 1.24 bits per heavy atom. The van der Waals surface area contributed by atoms with E-state index in [-0.39, 0.29) is 24.1 Å². The molecule has 1 amide bonds. The second-order valence-corrected chi connectivity index (χ2v) is 6.24. The minimum Gasteiger partial charge on any atom is -0.483 e. The van der Waals surface area contributed by atoms with E-state index in [0.29, 0.717) is 17.0 Å². The third-order valence-corrected chi connectivity index (χ3v) is 3.93. The molecule has 2 aromatic rings. The molecule has 0 aliphatic heterocycles. The molecule has 0 aliphatic rings. The maximum absolute atomic E-state index is 12.2. The van der Waals surface area contributed by atoms with Crippen LogP contribution in [0.4, 0.5) is 11.4 Å².